The first kappa shape index (κ1) is 24.3. The maximum atomic E-state index is 12.5. The topological polar surface area (TPSA) is 137 Å². The van der Waals surface area contributed by atoms with Gasteiger partial charge in [-0.05, 0) is 31.2 Å². The number of carboxylic acid groups (broad SMARTS) is 1. The van der Waals surface area contributed by atoms with E-state index in [1.807, 2.05) is 22.9 Å². The number of aromatic nitrogens is 3. The molecule has 0 bridgehead atoms. The summed E-state index contributed by atoms with van der Waals surface area (Å²) in [6, 6.07) is 11.2. The summed E-state index contributed by atoms with van der Waals surface area (Å²) in [5, 5.41) is 15.5. The van der Waals surface area contributed by atoms with Crippen molar-refractivity contribution < 1.29 is 28.9 Å². The number of rotatable bonds is 9. The Morgan fingerprint density at radius 2 is 1.75 bits per heavy atom. The van der Waals surface area contributed by atoms with Crippen LogP contribution in [-0.4, -0.2) is 58.9 Å². The zero-order valence-corrected chi connectivity index (χ0v) is 20.1. The summed E-state index contributed by atoms with van der Waals surface area (Å²) in [4.78, 5) is 32.6. The summed E-state index contributed by atoms with van der Waals surface area (Å²) in [5.41, 5.74) is 2.25. The predicted molar refractivity (Wildman–Crippen MR) is 133 cm³/mol. The summed E-state index contributed by atoms with van der Waals surface area (Å²) >= 11 is 0. The van der Waals surface area contributed by atoms with Crippen LogP contribution in [0.2, 0.25) is 0 Å². The molecule has 0 aliphatic heterocycles. The molecular weight excluding hydrogens is 466 g/mol. The van der Waals surface area contributed by atoms with Crippen molar-refractivity contribution in [2.24, 2.45) is 0 Å². The lowest BCUT2D eigenvalue weighted by Crippen LogP contribution is -2.38. The molecule has 0 fully saturated rings. The van der Waals surface area contributed by atoms with E-state index >= 15 is 0 Å². The van der Waals surface area contributed by atoms with Crippen LogP contribution in [0.4, 0.5) is 11.6 Å². The first-order chi connectivity index (χ1) is 17.3. The van der Waals surface area contributed by atoms with E-state index < -0.39 is 17.9 Å². The molecule has 0 radical (unpaired) electrons. The number of hydrogen-bond acceptors (Lipinski definition) is 8. The number of carboxylic acids is 1. The third kappa shape index (κ3) is 4.85. The standard InChI is InChI=1S/C25H25N5O6/c1-14(24(32)33)27-23(31)15-6-5-7-18(10-15)30-9-8-16-13-26-25(29-22(16)30)28-17-11-19(34-2)21(36-4)20(12-17)35-3/h5-14H,1-4H3,(H,27,31)(H,32,33)(H,26,28,29)/t14-/m0/s1. The van der Waals surface area contributed by atoms with E-state index in [1.165, 1.54) is 28.3 Å². The van der Waals surface area contributed by atoms with Gasteiger partial charge < -0.3 is 34.5 Å². The average Bonchev–Trinajstić information content (AvgIpc) is 3.31. The van der Waals surface area contributed by atoms with Gasteiger partial charge in [0.1, 0.15) is 11.7 Å². The Hall–Kier alpha value is -4.80. The lowest BCUT2D eigenvalue weighted by Gasteiger charge is -2.14. The van der Waals surface area contributed by atoms with Crippen LogP contribution in [0.5, 0.6) is 17.2 Å². The van der Waals surface area contributed by atoms with Gasteiger partial charge in [0.25, 0.3) is 5.91 Å². The molecule has 0 unspecified atom stereocenters. The fraction of sp³-hybridized carbons (Fsp3) is 0.200. The van der Waals surface area contributed by atoms with Crippen LogP contribution in [0.3, 0.4) is 0 Å². The molecule has 2 aromatic heterocycles. The van der Waals surface area contributed by atoms with Crippen molar-refractivity contribution in [3.05, 3.63) is 60.4 Å². The molecule has 1 atom stereocenters. The second kappa shape index (κ2) is 10.2. The molecule has 0 saturated heterocycles. The Bertz CT molecular complexity index is 1410. The third-order valence-electron chi connectivity index (χ3n) is 5.45. The van der Waals surface area contributed by atoms with Crippen molar-refractivity contribution in [3.63, 3.8) is 0 Å². The van der Waals surface area contributed by atoms with Gasteiger partial charge in [0.15, 0.2) is 11.5 Å². The van der Waals surface area contributed by atoms with Gasteiger partial charge in [-0.15, -0.1) is 0 Å². The van der Waals surface area contributed by atoms with E-state index in [0.717, 1.165) is 5.39 Å². The van der Waals surface area contributed by atoms with Crippen molar-refractivity contribution in [2.45, 2.75) is 13.0 Å². The Balaban J connectivity index is 1.66. The van der Waals surface area contributed by atoms with Crippen LogP contribution >= 0.6 is 0 Å². The van der Waals surface area contributed by atoms with E-state index in [0.29, 0.717) is 45.8 Å². The minimum atomic E-state index is -1.11. The molecule has 3 N–H and O–H groups in total. The van der Waals surface area contributed by atoms with Gasteiger partial charge in [-0.3, -0.25) is 9.59 Å². The van der Waals surface area contributed by atoms with Crippen molar-refractivity contribution in [1.82, 2.24) is 19.9 Å². The number of nitrogens with zero attached hydrogens (tertiary/aromatic N) is 3. The molecule has 4 aromatic rings. The normalized spacial score (nSPS) is 11.6. The van der Waals surface area contributed by atoms with Crippen LogP contribution < -0.4 is 24.8 Å². The zero-order valence-electron chi connectivity index (χ0n) is 20.1. The second-order valence-corrected chi connectivity index (χ2v) is 7.78. The van der Waals surface area contributed by atoms with Gasteiger partial charge in [-0.1, -0.05) is 6.07 Å². The molecule has 0 aliphatic carbocycles. The third-order valence-corrected chi connectivity index (χ3v) is 5.45. The maximum absolute atomic E-state index is 12.5. The molecule has 1 amide bonds. The minimum absolute atomic E-state index is 0.326. The molecule has 0 spiro atoms. The average molecular weight is 492 g/mol. The fourth-order valence-corrected chi connectivity index (χ4v) is 3.61. The van der Waals surface area contributed by atoms with Crippen molar-refractivity contribution in [3.8, 4) is 22.9 Å². The maximum Gasteiger partial charge on any atom is 0.325 e. The largest absolute Gasteiger partial charge is 0.493 e. The Morgan fingerprint density at radius 1 is 1.03 bits per heavy atom. The SMILES string of the molecule is COc1cc(Nc2ncc3ccn(-c4cccc(C(=O)N[C@@H](C)C(=O)O)c4)c3n2)cc(OC)c1OC. The van der Waals surface area contributed by atoms with Crippen molar-refractivity contribution in [2.75, 3.05) is 26.6 Å². The highest BCUT2D eigenvalue weighted by Gasteiger charge is 2.17. The van der Waals surface area contributed by atoms with Crippen molar-refractivity contribution >= 4 is 34.5 Å². The lowest BCUT2D eigenvalue weighted by molar-refractivity contribution is -0.138. The fourth-order valence-electron chi connectivity index (χ4n) is 3.61. The Morgan fingerprint density at radius 3 is 2.39 bits per heavy atom. The summed E-state index contributed by atoms with van der Waals surface area (Å²) in [5.74, 6) is 0.174. The van der Waals surface area contributed by atoms with Gasteiger partial charge in [-0.2, -0.15) is 4.98 Å². The van der Waals surface area contributed by atoms with Gasteiger partial charge in [0, 0.05) is 46.9 Å². The predicted octanol–water partition coefficient (Wildman–Crippen LogP) is 3.39. The van der Waals surface area contributed by atoms with Crippen LogP contribution in [0.25, 0.3) is 16.7 Å². The minimum Gasteiger partial charge on any atom is -0.493 e. The molecule has 2 heterocycles. The summed E-state index contributed by atoms with van der Waals surface area (Å²) in [6.07, 6.45) is 3.50. The van der Waals surface area contributed by atoms with Gasteiger partial charge >= 0.3 is 5.97 Å². The Labute approximate surface area is 206 Å². The van der Waals surface area contributed by atoms with Crippen molar-refractivity contribution in [1.29, 1.82) is 0 Å². The number of carbonyl (C=O) groups is 2. The summed E-state index contributed by atoms with van der Waals surface area (Å²) < 4.78 is 18.0. The number of anilines is 2. The molecule has 0 aliphatic rings. The number of hydrogen-bond donors (Lipinski definition) is 3. The molecule has 11 heteroatoms. The van der Waals surface area contributed by atoms with Gasteiger partial charge in [0.2, 0.25) is 11.7 Å². The molecule has 11 nitrogen and oxygen atoms in total. The summed E-state index contributed by atoms with van der Waals surface area (Å²) in [6.45, 7) is 1.41. The number of benzene rings is 2. The van der Waals surface area contributed by atoms with E-state index in [9.17, 15) is 9.59 Å². The molecule has 36 heavy (non-hydrogen) atoms. The monoisotopic (exact) mass is 491 g/mol. The van der Waals surface area contributed by atoms with E-state index in [2.05, 4.69) is 20.6 Å². The number of fused-ring (bicyclic) bond motifs is 1. The molecule has 4 rings (SSSR count). The number of methoxy groups -OCH3 is 3. The molecular formula is C25H25N5O6. The number of carbonyl (C=O) groups excluding carboxylic acids is 1. The molecule has 2 aromatic carbocycles. The highest BCUT2D eigenvalue weighted by molar-refractivity contribution is 5.97. The van der Waals surface area contributed by atoms with Gasteiger partial charge in [-0.25, -0.2) is 4.98 Å². The second-order valence-electron chi connectivity index (χ2n) is 7.78. The van der Waals surface area contributed by atoms with E-state index in [4.69, 9.17) is 19.3 Å². The number of ether oxygens (including phenoxy) is 3. The summed E-state index contributed by atoms with van der Waals surface area (Å²) in [7, 11) is 4.60. The van der Waals surface area contributed by atoms with Crippen LogP contribution in [0.1, 0.15) is 17.3 Å². The van der Waals surface area contributed by atoms with E-state index in [-0.39, 0.29) is 0 Å². The quantitative estimate of drug-likeness (QED) is 0.322. The van der Waals surface area contributed by atoms with Crippen LogP contribution in [0, 0.1) is 0 Å². The molecule has 0 saturated carbocycles. The number of nitrogens with one attached hydrogen (secondary N) is 2. The zero-order chi connectivity index (χ0) is 25.8. The smallest absolute Gasteiger partial charge is 0.325 e. The van der Waals surface area contributed by atoms with Gasteiger partial charge in [0.05, 0.1) is 21.3 Å². The van der Waals surface area contributed by atoms with E-state index in [1.54, 1.807) is 36.5 Å². The molecule has 186 valence electrons. The highest BCUT2D eigenvalue weighted by atomic mass is 16.5. The lowest BCUT2D eigenvalue weighted by atomic mass is 10.1. The first-order valence-corrected chi connectivity index (χ1v) is 10.9. The van der Waals surface area contributed by atoms with Crippen LogP contribution in [-0.2, 0) is 4.79 Å². The van der Waals surface area contributed by atoms with Crippen LogP contribution in [0.15, 0.2) is 54.9 Å². The highest BCUT2D eigenvalue weighted by Crippen LogP contribution is 2.40. The number of amides is 1. The number of aliphatic carboxylic acids is 1. The first-order valence-electron chi connectivity index (χ1n) is 10.9. The Kier molecular flexibility index (Phi) is 6.91.